The van der Waals surface area contributed by atoms with E-state index in [1.165, 1.54) is 44.9 Å². The van der Waals surface area contributed by atoms with E-state index in [-0.39, 0.29) is 37.5 Å². The molecule has 0 heterocycles. The second-order valence-corrected chi connectivity index (χ2v) is 16.8. The quantitative estimate of drug-likeness (QED) is 0.0199. The lowest BCUT2D eigenvalue weighted by atomic mass is 10.1. The van der Waals surface area contributed by atoms with E-state index < -0.39 is 6.10 Å². The van der Waals surface area contributed by atoms with Gasteiger partial charge < -0.3 is 14.2 Å². The van der Waals surface area contributed by atoms with Gasteiger partial charge in [-0.05, 0) is 109 Å². The average Bonchev–Trinajstić information content (AvgIpc) is 3.30. The summed E-state index contributed by atoms with van der Waals surface area (Å²) in [5.74, 6) is -1.02. The molecule has 366 valence electrons. The third-order valence-corrected chi connectivity index (χ3v) is 10.5. The molecule has 0 saturated carbocycles. The molecule has 6 nitrogen and oxygen atoms in total. The highest BCUT2D eigenvalue weighted by atomic mass is 16.6. The molecule has 0 aromatic rings. The summed E-state index contributed by atoms with van der Waals surface area (Å²) in [6.45, 7) is 6.36. The first kappa shape index (κ1) is 60.8. The number of rotatable bonds is 45. The predicted molar refractivity (Wildman–Crippen MR) is 279 cm³/mol. The highest BCUT2D eigenvalue weighted by molar-refractivity contribution is 5.71. The smallest absolute Gasteiger partial charge is 0.306 e. The van der Waals surface area contributed by atoms with Gasteiger partial charge in [-0.3, -0.25) is 14.4 Å². The van der Waals surface area contributed by atoms with Crippen molar-refractivity contribution < 1.29 is 28.6 Å². The first-order chi connectivity index (χ1) is 32.0. The first-order valence-corrected chi connectivity index (χ1v) is 26.1. The summed E-state index contributed by atoms with van der Waals surface area (Å²) in [5.41, 5.74) is 0. The summed E-state index contributed by atoms with van der Waals surface area (Å²) < 4.78 is 16.7. The third kappa shape index (κ3) is 50.7. The van der Waals surface area contributed by atoms with E-state index in [0.29, 0.717) is 19.3 Å². The Kier molecular flexibility index (Phi) is 49.1. The minimum Gasteiger partial charge on any atom is -0.462 e. The fourth-order valence-electron chi connectivity index (χ4n) is 6.60. The van der Waals surface area contributed by atoms with Crippen LogP contribution in [0.5, 0.6) is 0 Å². The Balaban J connectivity index is 4.56. The molecule has 0 rings (SSSR count). The summed E-state index contributed by atoms with van der Waals surface area (Å²) >= 11 is 0. The molecular weight excluding hydrogens is 805 g/mol. The molecule has 0 bridgehead atoms. The Morgan fingerprint density at radius 2 is 0.677 bits per heavy atom. The van der Waals surface area contributed by atoms with Gasteiger partial charge in [0.05, 0.1) is 0 Å². The van der Waals surface area contributed by atoms with Crippen molar-refractivity contribution in [2.24, 2.45) is 0 Å². The summed E-state index contributed by atoms with van der Waals surface area (Å²) in [4.78, 5) is 38.0. The molecule has 0 fully saturated rings. The van der Waals surface area contributed by atoms with Crippen LogP contribution < -0.4 is 0 Å². The van der Waals surface area contributed by atoms with Crippen molar-refractivity contribution in [2.75, 3.05) is 13.2 Å². The summed E-state index contributed by atoms with van der Waals surface area (Å²) in [6.07, 6.45) is 71.8. The lowest BCUT2D eigenvalue weighted by Gasteiger charge is -2.18. The first-order valence-electron chi connectivity index (χ1n) is 26.1. The fourth-order valence-corrected chi connectivity index (χ4v) is 6.60. The Morgan fingerprint density at radius 3 is 1.12 bits per heavy atom. The molecule has 65 heavy (non-hydrogen) atoms. The van der Waals surface area contributed by atoms with Crippen molar-refractivity contribution in [3.8, 4) is 0 Å². The molecule has 0 aromatic heterocycles. The molecule has 0 amide bonds. The number of esters is 3. The third-order valence-electron chi connectivity index (χ3n) is 10.5. The minimum atomic E-state index is -0.825. The molecule has 0 spiro atoms. The van der Waals surface area contributed by atoms with Crippen LogP contribution >= 0.6 is 0 Å². The maximum atomic E-state index is 12.8. The van der Waals surface area contributed by atoms with Gasteiger partial charge in [0.1, 0.15) is 13.2 Å². The van der Waals surface area contributed by atoms with Crippen molar-refractivity contribution in [1.29, 1.82) is 0 Å². The van der Waals surface area contributed by atoms with Crippen LogP contribution in [0, 0.1) is 0 Å². The number of unbranched alkanes of at least 4 members (excludes halogenated alkanes) is 17. The van der Waals surface area contributed by atoms with Gasteiger partial charge in [-0.25, -0.2) is 0 Å². The highest BCUT2D eigenvalue weighted by Crippen LogP contribution is 2.12. The number of hydrogen-bond acceptors (Lipinski definition) is 6. The van der Waals surface area contributed by atoms with Crippen LogP contribution in [0.2, 0.25) is 0 Å². The molecule has 6 heteroatoms. The molecule has 0 N–H and O–H groups in total. The number of ether oxygens (including phenoxy) is 3. The standard InChI is InChI=1S/C59H94O6/c1-4-7-10-13-16-19-22-25-27-29-31-32-34-37-40-43-46-49-52-58(61)64-55-56(54-63-57(60)51-48-45-42-39-36-24-21-18-15-12-9-6-3)65-59(62)53-50-47-44-41-38-35-33-30-28-26-23-20-17-14-11-8-5-2/h9,12,16-22,25-29,31-33,35,41,44,56H,4-8,10-11,13-15,23-24,30,34,36-40,42-43,45-55H2,1-3H3/b12-9-,19-16-,20-17-,21-18-,25-22-,28-26-,29-27-,32-31-,35-33-,44-41-. The molecule has 0 saturated heterocycles. The topological polar surface area (TPSA) is 78.9 Å². The Labute approximate surface area is 399 Å². The van der Waals surface area contributed by atoms with E-state index in [4.69, 9.17) is 14.2 Å². The van der Waals surface area contributed by atoms with Gasteiger partial charge in [-0.2, -0.15) is 0 Å². The van der Waals surface area contributed by atoms with Crippen molar-refractivity contribution >= 4 is 17.9 Å². The van der Waals surface area contributed by atoms with Gasteiger partial charge in [0.2, 0.25) is 0 Å². The zero-order chi connectivity index (χ0) is 47.2. The van der Waals surface area contributed by atoms with Crippen LogP contribution in [-0.2, 0) is 28.6 Å². The molecule has 1 unspecified atom stereocenters. The predicted octanol–water partition coefficient (Wildman–Crippen LogP) is 17.3. The van der Waals surface area contributed by atoms with E-state index in [1.807, 2.05) is 0 Å². The summed E-state index contributed by atoms with van der Waals surface area (Å²) in [7, 11) is 0. The van der Waals surface area contributed by atoms with Gasteiger partial charge >= 0.3 is 17.9 Å². The van der Waals surface area contributed by atoms with Crippen molar-refractivity contribution in [3.63, 3.8) is 0 Å². The van der Waals surface area contributed by atoms with Gasteiger partial charge in [0.25, 0.3) is 0 Å². The number of carbonyl (C=O) groups excluding carboxylic acids is 3. The van der Waals surface area contributed by atoms with Crippen LogP contribution in [0.4, 0.5) is 0 Å². The normalized spacial score (nSPS) is 13.1. The van der Waals surface area contributed by atoms with Gasteiger partial charge in [-0.1, -0.05) is 206 Å². The number of hydrogen-bond donors (Lipinski definition) is 0. The van der Waals surface area contributed by atoms with E-state index in [0.717, 1.165) is 122 Å². The second kappa shape index (κ2) is 52.4. The minimum absolute atomic E-state index is 0.119. The van der Waals surface area contributed by atoms with Crippen LogP contribution in [0.15, 0.2) is 122 Å². The van der Waals surface area contributed by atoms with Crippen molar-refractivity contribution in [3.05, 3.63) is 122 Å². The van der Waals surface area contributed by atoms with Gasteiger partial charge in [-0.15, -0.1) is 0 Å². The SMILES string of the molecule is CC/C=C\C/C=C\CCCCCCCC(=O)OCC(COC(=O)CCCCCCC\C=C/C=C\C=C/C=C\CCCCC)OC(=O)CCC/C=C\C/C=C\C/C=C\C/C=C\CCCCC. The molecule has 0 aliphatic rings. The van der Waals surface area contributed by atoms with Crippen molar-refractivity contribution in [1.82, 2.24) is 0 Å². The lowest BCUT2D eigenvalue weighted by molar-refractivity contribution is -0.167. The molecule has 0 aromatic carbocycles. The Hall–Kier alpha value is -4.19. The highest BCUT2D eigenvalue weighted by Gasteiger charge is 2.19. The van der Waals surface area contributed by atoms with E-state index in [1.54, 1.807) is 0 Å². The van der Waals surface area contributed by atoms with Crippen LogP contribution in [-0.4, -0.2) is 37.2 Å². The zero-order valence-corrected chi connectivity index (χ0v) is 41.7. The molecule has 0 aliphatic heterocycles. The fraction of sp³-hybridized carbons (Fsp3) is 0.610. The zero-order valence-electron chi connectivity index (χ0n) is 41.7. The molecule has 1 atom stereocenters. The second-order valence-electron chi connectivity index (χ2n) is 16.8. The van der Waals surface area contributed by atoms with Crippen LogP contribution in [0.1, 0.15) is 213 Å². The largest absolute Gasteiger partial charge is 0.462 e. The Bertz CT molecular complexity index is 1400. The van der Waals surface area contributed by atoms with E-state index in [2.05, 4.69) is 142 Å². The maximum Gasteiger partial charge on any atom is 0.306 e. The monoisotopic (exact) mass is 899 g/mol. The molecule has 0 aliphatic carbocycles. The summed E-state index contributed by atoms with van der Waals surface area (Å²) in [5, 5.41) is 0. The van der Waals surface area contributed by atoms with Crippen LogP contribution in [0.25, 0.3) is 0 Å². The maximum absolute atomic E-state index is 12.8. The van der Waals surface area contributed by atoms with Crippen LogP contribution in [0.3, 0.4) is 0 Å². The van der Waals surface area contributed by atoms with Gasteiger partial charge in [0, 0.05) is 19.3 Å². The Morgan fingerprint density at radius 1 is 0.338 bits per heavy atom. The van der Waals surface area contributed by atoms with Gasteiger partial charge in [0.15, 0.2) is 6.10 Å². The number of carbonyl (C=O) groups is 3. The molecule has 0 radical (unpaired) electrons. The lowest BCUT2D eigenvalue weighted by Crippen LogP contribution is -2.30. The summed E-state index contributed by atoms with van der Waals surface area (Å²) in [6, 6.07) is 0. The number of allylic oxidation sites excluding steroid dienone is 20. The van der Waals surface area contributed by atoms with E-state index in [9.17, 15) is 14.4 Å². The van der Waals surface area contributed by atoms with Crippen molar-refractivity contribution in [2.45, 2.75) is 219 Å². The average molecular weight is 899 g/mol. The molecular formula is C59H94O6. The van der Waals surface area contributed by atoms with E-state index >= 15 is 0 Å².